The Balaban J connectivity index is 3.64. The van der Waals surface area contributed by atoms with Crippen LogP contribution in [0.25, 0.3) is 0 Å². The first-order valence-electron chi connectivity index (χ1n) is 3.70. The monoisotopic (exact) mass is 231 g/mol. The van der Waals surface area contributed by atoms with Crippen LogP contribution in [0, 0.1) is 15.9 Å². The molecular formula is C8H6FNO4S. The van der Waals surface area contributed by atoms with Crippen LogP contribution in [0.1, 0.15) is 0 Å². The van der Waals surface area contributed by atoms with Crippen molar-refractivity contribution in [2.24, 2.45) is 0 Å². The molecule has 0 aliphatic rings. The Morgan fingerprint density at radius 1 is 1.47 bits per heavy atom. The van der Waals surface area contributed by atoms with Crippen molar-refractivity contribution < 1.29 is 17.7 Å². The SMILES string of the molecule is C=CS(=O)(=O)c1cccc(F)c1[N+](=O)[O-]. The lowest BCUT2D eigenvalue weighted by Crippen LogP contribution is -2.03. The standard InChI is InChI=1S/C8H6FNO4S/c1-2-15(13,14)7-5-3-4-6(9)8(7)10(11)12/h2-5H,1H2. The lowest BCUT2D eigenvalue weighted by atomic mass is 10.3. The van der Waals surface area contributed by atoms with Gasteiger partial charge in [-0.1, -0.05) is 12.6 Å². The minimum absolute atomic E-state index is 0.536. The molecule has 0 saturated carbocycles. The van der Waals surface area contributed by atoms with Gasteiger partial charge in [-0.3, -0.25) is 10.1 Å². The van der Waals surface area contributed by atoms with Crippen molar-refractivity contribution in [3.05, 3.63) is 46.1 Å². The summed E-state index contributed by atoms with van der Waals surface area (Å²) >= 11 is 0. The van der Waals surface area contributed by atoms with Crippen LogP contribution in [0.4, 0.5) is 10.1 Å². The molecule has 5 nitrogen and oxygen atoms in total. The fourth-order valence-corrected chi connectivity index (χ4v) is 1.88. The predicted octanol–water partition coefficient (Wildman–Crippen LogP) is 1.65. The third-order valence-corrected chi connectivity index (χ3v) is 3.04. The number of benzene rings is 1. The van der Waals surface area contributed by atoms with Gasteiger partial charge in [0.15, 0.2) is 4.90 Å². The Labute approximate surface area is 84.9 Å². The zero-order chi connectivity index (χ0) is 11.6. The Kier molecular flexibility index (Phi) is 2.85. The molecule has 0 spiro atoms. The van der Waals surface area contributed by atoms with E-state index in [0.717, 1.165) is 18.2 Å². The summed E-state index contributed by atoms with van der Waals surface area (Å²) in [5, 5.41) is 11.0. The van der Waals surface area contributed by atoms with Gasteiger partial charge >= 0.3 is 5.69 Å². The van der Waals surface area contributed by atoms with Gasteiger partial charge in [0.2, 0.25) is 15.7 Å². The lowest BCUT2D eigenvalue weighted by Gasteiger charge is -2.00. The number of hydrogen-bond donors (Lipinski definition) is 0. The van der Waals surface area contributed by atoms with Crippen LogP contribution in [0.2, 0.25) is 0 Å². The molecule has 0 aromatic heterocycles. The maximum Gasteiger partial charge on any atom is 0.323 e. The molecule has 0 bridgehead atoms. The van der Waals surface area contributed by atoms with Gasteiger partial charge in [0.05, 0.1) is 4.92 Å². The maximum atomic E-state index is 13.0. The number of sulfone groups is 1. The molecule has 7 heteroatoms. The summed E-state index contributed by atoms with van der Waals surface area (Å²) in [7, 11) is -4.01. The van der Waals surface area contributed by atoms with Crippen molar-refractivity contribution in [1.29, 1.82) is 0 Å². The Morgan fingerprint density at radius 3 is 2.53 bits per heavy atom. The van der Waals surface area contributed by atoms with Crippen LogP contribution in [-0.4, -0.2) is 13.3 Å². The van der Waals surface area contributed by atoms with Gasteiger partial charge in [-0.25, -0.2) is 8.42 Å². The fourth-order valence-electron chi connectivity index (χ4n) is 0.992. The summed E-state index contributed by atoms with van der Waals surface area (Å²) in [5.74, 6) is -1.19. The van der Waals surface area contributed by atoms with Crippen molar-refractivity contribution in [1.82, 2.24) is 0 Å². The van der Waals surface area contributed by atoms with E-state index in [9.17, 15) is 22.9 Å². The van der Waals surface area contributed by atoms with E-state index >= 15 is 0 Å². The molecule has 0 fully saturated rings. The third-order valence-electron chi connectivity index (χ3n) is 1.66. The summed E-state index contributed by atoms with van der Waals surface area (Å²) in [6, 6.07) is 2.86. The van der Waals surface area contributed by atoms with Gasteiger partial charge in [0.1, 0.15) is 0 Å². The lowest BCUT2D eigenvalue weighted by molar-refractivity contribution is -0.390. The van der Waals surface area contributed by atoms with Crippen molar-refractivity contribution in [2.75, 3.05) is 0 Å². The average molecular weight is 231 g/mol. The van der Waals surface area contributed by atoms with Gasteiger partial charge in [-0.15, -0.1) is 0 Å². The molecule has 1 rings (SSSR count). The van der Waals surface area contributed by atoms with E-state index in [4.69, 9.17) is 0 Å². The smallest absolute Gasteiger partial charge is 0.258 e. The van der Waals surface area contributed by atoms with E-state index in [1.807, 2.05) is 0 Å². The minimum atomic E-state index is -4.01. The molecule has 0 unspecified atom stereocenters. The van der Waals surface area contributed by atoms with Crippen LogP contribution in [0.5, 0.6) is 0 Å². The van der Waals surface area contributed by atoms with Crippen LogP contribution in [0.15, 0.2) is 35.1 Å². The second-order valence-electron chi connectivity index (χ2n) is 2.56. The summed E-state index contributed by atoms with van der Waals surface area (Å²) in [6.45, 7) is 3.01. The second-order valence-corrected chi connectivity index (χ2v) is 4.42. The molecule has 1 aromatic carbocycles. The number of para-hydroxylation sites is 1. The van der Waals surface area contributed by atoms with Gasteiger partial charge in [0, 0.05) is 5.41 Å². The van der Waals surface area contributed by atoms with E-state index in [-0.39, 0.29) is 0 Å². The largest absolute Gasteiger partial charge is 0.323 e. The molecule has 80 valence electrons. The van der Waals surface area contributed by atoms with Gasteiger partial charge in [0.25, 0.3) is 0 Å². The quantitative estimate of drug-likeness (QED) is 0.585. The first kappa shape index (κ1) is 11.3. The average Bonchev–Trinajstić information content (AvgIpc) is 2.16. The highest BCUT2D eigenvalue weighted by atomic mass is 32.2. The van der Waals surface area contributed by atoms with Gasteiger partial charge in [-0.2, -0.15) is 4.39 Å². The van der Waals surface area contributed by atoms with Gasteiger partial charge in [-0.05, 0) is 12.1 Å². The molecule has 0 atom stereocenters. The first-order valence-corrected chi connectivity index (χ1v) is 5.25. The van der Waals surface area contributed by atoms with Crippen LogP contribution in [0.3, 0.4) is 0 Å². The number of hydrogen-bond acceptors (Lipinski definition) is 4. The summed E-state index contributed by atoms with van der Waals surface area (Å²) in [5.41, 5.74) is -1.06. The molecule has 0 aliphatic carbocycles. The summed E-state index contributed by atoms with van der Waals surface area (Å²) in [6.07, 6.45) is 0. The highest BCUT2D eigenvalue weighted by molar-refractivity contribution is 7.94. The zero-order valence-corrected chi connectivity index (χ0v) is 8.20. The highest BCUT2D eigenvalue weighted by Crippen LogP contribution is 2.27. The van der Waals surface area contributed by atoms with E-state index in [2.05, 4.69) is 6.58 Å². The van der Waals surface area contributed by atoms with Crippen molar-refractivity contribution in [2.45, 2.75) is 4.90 Å². The molecule has 0 heterocycles. The third kappa shape index (κ3) is 2.01. The molecule has 0 amide bonds. The maximum absolute atomic E-state index is 13.0. The van der Waals surface area contributed by atoms with E-state index < -0.39 is 31.2 Å². The molecule has 15 heavy (non-hydrogen) atoms. The molecule has 0 aliphatic heterocycles. The molecule has 0 saturated heterocycles. The second kappa shape index (κ2) is 3.77. The van der Waals surface area contributed by atoms with Crippen LogP contribution in [-0.2, 0) is 9.84 Å². The van der Waals surface area contributed by atoms with Crippen molar-refractivity contribution >= 4 is 15.5 Å². The fraction of sp³-hybridized carbons (Fsp3) is 0. The number of nitro groups is 1. The Bertz CT molecular complexity index is 523. The topological polar surface area (TPSA) is 77.3 Å². The van der Waals surface area contributed by atoms with Crippen molar-refractivity contribution in [3.8, 4) is 0 Å². The number of halogens is 1. The molecular weight excluding hydrogens is 225 g/mol. The van der Waals surface area contributed by atoms with Crippen LogP contribution >= 0.6 is 0 Å². The molecule has 0 radical (unpaired) electrons. The minimum Gasteiger partial charge on any atom is -0.258 e. The Morgan fingerprint density at radius 2 is 2.07 bits per heavy atom. The normalized spacial score (nSPS) is 11.0. The van der Waals surface area contributed by atoms with Crippen LogP contribution < -0.4 is 0 Å². The van der Waals surface area contributed by atoms with Crippen molar-refractivity contribution in [3.63, 3.8) is 0 Å². The first-order chi connectivity index (χ1) is 6.90. The highest BCUT2D eigenvalue weighted by Gasteiger charge is 2.27. The number of nitro benzene ring substituents is 1. The number of rotatable bonds is 3. The zero-order valence-electron chi connectivity index (χ0n) is 7.38. The predicted molar refractivity (Wildman–Crippen MR) is 50.4 cm³/mol. The Hall–Kier alpha value is -1.76. The molecule has 0 N–H and O–H groups in total. The summed E-state index contributed by atoms with van der Waals surface area (Å²) < 4.78 is 35.6. The number of nitrogens with zero attached hydrogens (tertiary/aromatic N) is 1. The van der Waals surface area contributed by atoms with E-state index in [1.165, 1.54) is 0 Å². The van der Waals surface area contributed by atoms with E-state index in [1.54, 1.807) is 0 Å². The van der Waals surface area contributed by atoms with Gasteiger partial charge < -0.3 is 0 Å². The van der Waals surface area contributed by atoms with E-state index in [0.29, 0.717) is 5.41 Å². The summed E-state index contributed by atoms with van der Waals surface area (Å²) in [4.78, 5) is 8.70. The molecule has 1 aromatic rings.